The molecule has 2 atom stereocenters. The number of aliphatic imine (C=N–C) groups is 1. The van der Waals surface area contributed by atoms with Gasteiger partial charge >= 0.3 is 0 Å². The van der Waals surface area contributed by atoms with Crippen molar-refractivity contribution in [3.8, 4) is 5.75 Å². The first-order chi connectivity index (χ1) is 22.9. The minimum atomic E-state index is -1.47. The summed E-state index contributed by atoms with van der Waals surface area (Å²) in [6.45, 7) is 0.775. The molecular formula is C35H33BrFN5O4S. The van der Waals surface area contributed by atoms with Gasteiger partial charge in [-0.3, -0.25) is 4.79 Å². The number of thioether (sulfide) groups is 1. The molecule has 0 fully saturated rings. The van der Waals surface area contributed by atoms with Crippen LogP contribution in [0.25, 0.3) is 10.4 Å². The van der Waals surface area contributed by atoms with Crippen LogP contribution in [0.5, 0.6) is 5.75 Å². The smallest absolute Gasteiger partial charge is 0.252 e. The molecule has 0 unspecified atom stereocenters. The molecule has 0 radical (unpaired) electrons. The van der Waals surface area contributed by atoms with Gasteiger partial charge in [-0.1, -0.05) is 75.6 Å². The molecule has 242 valence electrons. The highest BCUT2D eigenvalue weighted by molar-refractivity contribution is 9.10. The quantitative estimate of drug-likeness (QED) is 0.0560. The third-order valence-corrected chi connectivity index (χ3v) is 9.34. The maximum atomic E-state index is 14.5. The second kappa shape index (κ2) is 16.5. The van der Waals surface area contributed by atoms with Crippen LogP contribution in [0.2, 0.25) is 0 Å². The van der Waals surface area contributed by atoms with E-state index in [4.69, 9.17) is 19.6 Å². The van der Waals surface area contributed by atoms with Gasteiger partial charge in [0.15, 0.2) is 11.6 Å². The van der Waals surface area contributed by atoms with Crippen LogP contribution in [0.4, 0.5) is 10.1 Å². The van der Waals surface area contributed by atoms with Gasteiger partial charge in [0.2, 0.25) is 5.90 Å². The highest BCUT2D eigenvalue weighted by Gasteiger charge is 2.54. The van der Waals surface area contributed by atoms with Crippen LogP contribution in [0.3, 0.4) is 0 Å². The van der Waals surface area contributed by atoms with Crippen molar-refractivity contribution in [1.82, 2.24) is 5.32 Å². The third kappa shape index (κ3) is 8.52. The molecule has 0 spiro atoms. The lowest BCUT2D eigenvalue weighted by atomic mass is 9.81. The monoisotopic (exact) mass is 717 g/mol. The molecule has 0 saturated carbocycles. The number of aliphatic hydroxyl groups excluding tert-OH is 1. The van der Waals surface area contributed by atoms with E-state index in [9.17, 15) is 14.7 Å². The van der Waals surface area contributed by atoms with E-state index in [0.29, 0.717) is 53.6 Å². The number of aliphatic hydroxyl groups is 1. The fourth-order valence-corrected chi connectivity index (χ4v) is 6.44. The maximum absolute atomic E-state index is 14.5. The maximum Gasteiger partial charge on any atom is 0.252 e. The van der Waals surface area contributed by atoms with Gasteiger partial charge in [-0.2, -0.15) is 11.8 Å². The summed E-state index contributed by atoms with van der Waals surface area (Å²) < 4.78 is 26.4. The number of ether oxygens (including phenoxy) is 2. The van der Waals surface area contributed by atoms with Crippen LogP contribution >= 0.6 is 27.7 Å². The fraction of sp³-hybridized carbons (Fsp3) is 0.257. The summed E-state index contributed by atoms with van der Waals surface area (Å²) in [6.07, 6.45) is -0.232. The number of benzene rings is 4. The Balaban J connectivity index is 1.49. The Labute approximate surface area is 285 Å². The Morgan fingerprint density at radius 3 is 2.57 bits per heavy atom. The summed E-state index contributed by atoms with van der Waals surface area (Å²) in [5.41, 5.74) is 11.2. The molecule has 0 bridgehead atoms. The lowest BCUT2D eigenvalue weighted by molar-refractivity contribution is -0.128. The number of amides is 1. The molecule has 1 heterocycles. The van der Waals surface area contributed by atoms with E-state index < -0.39 is 11.6 Å². The van der Waals surface area contributed by atoms with E-state index in [1.54, 1.807) is 60.3 Å². The van der Waals surface area contributed by atoms with Crippen molar-refractivity contribution in [2.75, 3.05) is 25.5 Å². The molecule has 0 aromatic heterocycles. The molecule has 4 aromatic carbocycles. The van der Waals surface area contributed by atoms with E-state index in [0.717, 1.165) is 15.6 Å². The molecule has 1 amide bonds. The number of rotatable bonds is 15. The van der Waals surface area contributed by atoms with Gasteiger partial charge < -0.3 is 19.9 Å². The lowest BCUT2D eigenvalue weighted by Gasteiger charge is -2.31. The zero-order valence-electron chi connectivity index (χ0n) is 25.4. The number of hydrogen-bond acceptors (Lipinski definition) is 7. The van der Waals surface area contributed by atoms with Crippen LogP contribution in [0.15, 0.2) is 112 Å². The highest BCUT2D eigenvalue weighted by atomic mass is 79.9. The number of carbonyl (C=O) groups excluding carboxylic acids is 1. The SMILES string of the molecule is [N-]=[N+]=Nc1ccccc1[C@H]1OC(c2ccc(OCCCO)cc2)=N[C@@]1(Cc1ccccc1Br)C(=O)NCCSCc1ccc(F)cc1. The molecule has 47 heavy (non-hydrogen) atoms. The molecule has 0 saturated heterocycles. The Morgan fingerprint density at radius 2 is 1.83 bits per heavy atom. The number of halogens is 2. The molecule has 0 aliphatic carbocycles. The van der Waals surface area contributed by atoms with E-state index in [1.165, 1.54) is 12.1 Å². The largest absolute Gasteiger partial charge is 0.494 e. The Hall–Kier alpha value is -4.35. The van der Waals surface area contributed by atoms with Crippen molar-refractivity contribution in [2.24, 2.45) is 10.1 Å². The van der Waals surface area contributed by atoms with Crippen LogP contribution in [0, 0.1) is 5.82 Å². The minimum absolute atomic E-state index is 0.0378. The average Bonchev–Trinajstić information content (AvgIpc) is 3.47. The second-order valence-electron chi connectivity index (χ2n) is 10.7. The summed E-state index contributed by atoms with van der Waals surface area (Å²) in [5.74, 6) is 1.56. The first kappa shape index (κ1) is 34.0. The molecule has 12 heteroatoms. The summed E-state index contributed by atoms with van der Waals surface area (Å²) >= 11 is 5.26. The van der Waals surface area contributed by atoms with Crippen molar-refractivity contribution in [3.63, 3.8) is 0 Å². The zero-order chi connectivity index (χ0) is 33.1. The number of nitrogens with zero attached hydrogens (tertiary/aromatic N) is 4. The number of carbonyl (C=O) groups is 1. The Kier molecular flexibility index (Phi) is 11.9. The van der Waals surface area contributed by atoms with Crippen molar-refractivity contribution in [2.45, 2.75) is 30.2 Å². The highest BCUT2D eigenvalue weighted by Crippen LogP contribution is 2.46. The number of nitrogens with one attached hydrogen (secondary N) is 1. The van der Waals surface area contributed by atoms with E-state index in [-0.39, 0.29) is 30.6 Å². The third-order valence-electron chi connectivity index (χ3n) is 7.53. The molecule has 5 rings (SSSR count). The molecular weight excluding hydrogens is 685 g/mol. The molecule has 2 N–H and O–H groups in total. The van der Waals surface area contributed by atoms with Crippen molar-refractivity contribution >= 4 is 45.2 Å². The lowest BCUT2D eigenvalue weighted by Crippen LogP contribution is -2.50. The predicted octanol–water partition coefficient (Wildman–Crippen LogP) is 7.84. The van der Waals surface area contributed by atoms with E-state index in [2.05, 4.69) is 31.3 Å². The summed E-state index contributed by atoms with van der Waals surface area (Å²) in [6, 6.07) is 28.2. The van der Waals surface area contributed by atoms with Crippen LogP contribution < -0.4 is 10.1 Å². The van der Waals surface area contributed by atoms with Crippen molar-refractivity contribution in [1.29, 1.82) is 0 Å². The molecule has 9 nitrogen and oxygen atoms in total. The molecule has 1 aliphatic heterocycles. The van der Waals surface area contributed by atoms with Crippen molar-refractivity contribution < 1.29 is 23.8 Å². The van der Waals surface area contributed by atoms with Crippen LogP contribution in [0.1, 0.15) is 34.8 Å². The summed E-state index contributed by atoms with van der Waals surface area (Å²) in [5, 5.41) is 16.1. The second-order valence-corrected chi connectivity index (χ2v) is 12.7. The Bertz CT molecular complexity index is 1750. The Morgan fingerprint density at radius 1 is 1.09 bits per heavy atom. The average molecular weight is 719 g/mol. The number of hydrogen-bond donors (Lipinski definition) is 2. The first-order valence-electron chi connectivity index (χ1n) is 15.0. The molecule has 1 aliphatic rings. The topological polar surface area (TPSA) is 129 Å². The fourth-order valence-electron chi connectivity index (χ4n) is 5.20. The zero-order valence-corrected chi connectivity index (χ0v) is 27.8. The van der Waals surface area contributed by atoms with Crippen molar-refractivity contribution in [3.05, 3.63) is 140 Å². The minimum Gasteiger partial charge on any atom is -0.494 e. The summed E-state index contributed by atoms with van der Waals surface area (Å²) in [4.78, 5) is 22.5. The number of azide groups is 1. The normalized spacial score (nSPS) is 16.9. The van der Waals surface area contributed by atoms with Gasteiger partial charge in [0.25, 0.3) is 5.91 Å². The van der Waals surface area contributed by atoms with Gasteiger partial charge in [-0.15, -0.1) is 0 Å². The van der Waals surface area contributed by atoms with Gasteiger partial charge in [0, 0.05) is 63.7 Å². The van der Waals surface area contributed by atoms with Gasteiger partial charge in [-0.05, 0) is 59.1 Å². The van der Waals surface area contributed by atoms with Gasteiger partial charge in [0.1, 0.15) is 11.6 Å². The van der Waals surface area contributed by atoms with Gasteiger partial charge in [0.05, 0.1) is 6.61 Å². The standard InChI is InChI=1S/C35H33BrFN5O4S/c36-30-8-3-1-6-26(30)22-35(34(44)39-18-21-47-23-24-10-14-27(37)15-11-24)32(29-7-2-4-9-31(29)41-42-38)46-33(40-35)25-12-16-28(17-13-25)45-20-5-19-43/h1-4,6-17,32,43H,5,18-23H2,(H,39,44)/t32-,35-/m1/s1. The van der Waals surface area contributed by atoms with E-state index in [1.807, 2.05) is 36.4 Å². The molecule has 4 aromatic rings. The predicted molar refractivity (Wildman–Crippen MR) is 185 cm³/mol. The van der Waals surface area contributed by atoms with Gasteiger partial charge in [-0.25, -0.2) is 9.38 Å². The summed E-state index contributed by atoms with van der Waals surface area (Å²) in [7, 11) is 0. The van der Waals surface area contributed by atoms with Crippen LogP contribution in [-0.2, 0) is 21.7 Å². The van der Waals surface area contributed by atoms with Crippen LogP contribution in [-0.4, -0.2) is 48.0 Å². The van der Waals surface area contributed by atoms with E-state index >= 15 is 0 Å². The first-order valence-corrected chi connectivity index (χ1v) is 17.0.